The van der Waals surface area contributed by atoms with Gasteiger partial charge in [-0.15, -0.1) is 0 Å². The average molecular weight is 305 g/mol. The molecule has 2 aliphatic heterocycles. The summed E-state index contributed by atoms with van der Waals surface area (Å²) in [6.07, 6.45) is 8.31. The van der Waals surface area contributed by atoms with Crippen LogP contribution >= 0.6 is 0 Å². The predicted octanol–water partition coefficient (Wildman–Crippen LogP) is 0.305. The van der Waals surface area contributed by atoms with Crippen molar-refractivity contribution < 1.29 is 9.53 Å². The van der Waals surface area contributed by atoms with Crippen molar-refractivity contribution in [1.29, 1.82) is 0 Å². The Labute approximate surface area is 130 Å². The first-order valence-electron chi connectivity index (χ1n) is 8.29. The molecule has 7 nitrogen and oxygen atoms in total. The lowest BCUT2D eigenvalue weighted by molar-refractivity contribution is -0.151. The summed E-state index contributed by atoms with van der Waals surface area (Å²) in [5.74, 6) is 0.225. The Hall–Kier alpha value is -1.47. The van der Waals surface area contributed by atoms with E-state index in [1.807, 2.05) is 9.58 Å². The highest BCUT2D eigenvalue weighted by atomic mass is 16.5. The second kappa shape index (κ2) is 5.96. The molecule has 0 aromatic carbocycles. The summed E-state index contributed by atoms with van der Waals surface area (Å²) in [6.45, 7) is 3.65. The molecule has 1 atom stereocenters. The van der Waals surface area contributed by atoms with Crippen LogP contribution in [-0.2, 0) is 9.53 Å². The number of nitrogens with zero attached hydrogens (tertiary/aromatic N) is 5. The van der Waals surface area contributed by atoms with Gasteiger partial charge in [0.25, 0.3) is 0 Å². The van der Waals surface area contributed by atoms with Gasteiger partial charge in [0.1, 0.15) is 18.7 Å². The Morgan fingerprint density at radius 3 is 2.73 bits per heavy atom. The highest BCUT2D eigenvalue weighted by Crippen LogP contribution is 2.29. The molecule has 1 aliphatic carbocycles. The molecule has 0 spiro atoms. The molecule has 1 saturated carbocycles. The first-order chi connectivity index (χ1) is 10.8. The van der Waals surface area contributed by atoms with Crippen LogP contribution in [0.1, 0.15) is 31.7 Å². The lowest BCUT2D eigenvalue weighted by Gasteiger charge is -2.45. The molecular formula is C15H23N5O2. The second-order valence-corrected chi connectivity index (χ2v) is 6.54. The second-order valence-electron chi connectivity index (χ2n) is 6.54. The third-order valence-electron chi connectivity index (χ3n) is 5.23. The minimum atomic E-state index is -0.0893. The number of ether oxygens (including phenoxy) is 1. The molecule has 7 heteroatoms. The maximum atomic E-state index is 12.8. The number of hydrogen-bond acceptors (Lipinski definition) is 5. The zero-order chi connectivity index (χ0) is 14.9. The third kappa shape index (κ3) is 2.52. The van der Waals surface area contributed by atoms with Crippen molar-refractivity contribution in [3.63, 3.8) is 0 Å². The normalized spacial score (nSPS) is 28.0. The van der Waals surface area contributed by atoms with Gasteiger partial charge in [0.15, 0.2) is 0 Å². The number of likely N-dealkylation sites (tertiary alicyclic amines) is 1. The summed E-state index contributed by atoms with van der Waals surface area (Å²) in [7, 11) is 0. The molecule has 1 amide bonds. The summed E-state index contributed by atoms with van der Waals surface area (Å²) in [4.78, 5) is 21.1. The number of hydrogen-bond donors (Lipinski definition) is 0. The fraction of sp³-hybridized carbons (Fsp3) is 0.800. The van der Waals surface area contributed by atoms with Gasteiger partial charge in [-0.1, -0.05) is 12.8 Å². The van der Waals surface area contributed by atoms with Gasteiger partial charge in [-0.2, -0.15) is 5.10 Å². The van der Waals surface area contributed by atoms with Gasteiger partial charge in [-0.05, 0) is 12.8 Å². The summed E-state index contributed by atoms with van der Waals surface area (Å²) < 4.78 is 7.44. The molecule has 0 bridgehead atoms. The van der Waals surface area contributed by atoms with Crippen molar-refractivity contribution in [2.45, 2.75) is 43.8 Å². The van der Waals surface area contributed by atoms with Gasteiger partial charge in [-0.25, -0.2) is 9.67 Å². The minimum Gasteiger partial charge on any atom is -0.378 e. The quantitative estimate of drug-likeness (QED) is 0.804. The highest BCUT2D eigenvalue weighted by Gasteiger charge is 2.41. The van der Waals surface area contributed by atoms with Gasteiger partial charge >= 0.3 is 0 Å². The lowest BCUT2D eigenvalue weighted by Crippen LogP contribution is -2.61. The SMILES string of the molecule is O=C(C1COCCN1C1CCCC1)N1CC(n2cncn2)C1. The van der Waals surface area contributed by atoms with Crippen molar-refractivity contribution in [2.75, 3.05) is 32.8 Å². The van der Waals surface area contributed by atoms with Crippen LogP contribution in [-0.4, -0.2) is 75.4 Å². The number of aromatic nitrogens is 3. The van der Waals surface area contributed by atoms with Gasteiger partial charge in [0.2, 0.25) is 5.91 Å². The number of carbonyl (C=O) groups excluding carboxylic acids is 1. The van der Waals surface area contributed by atoms with E-state index in [9.17, 15) is 4.79 Å². The van der Waals surface area contributed by atoms with E-state index in [1.165, 1.54) is 25.7 Å². The van der Waals surface area contributed by atoms with E-state index >= 15 is 0 Å². The number of rotatable bonds is 3. The van der Waals surface area contributed by atoms with Crippen molar-refractivity contribution in [2.24, 2.45) is 0 Å². The van der Waals surface area contributed by atoms with Gasteiger partial charge in [0, 0.05) is 25.7 Å². The first-order valence-corrected chi connectivity index (χ1v) is 8.29. The molecule has 120 valence electrons. The van der Waals surface area contributed by atoms with E-state index in [1.54, 1.807) is 12.7 Å². The van der Waals surface area contributed by atoms with E-state index < -0.39 is 0 Å². The number of amides is 1. The molecule has 1 unspecified atom stereocenters. The molecule has 22 heavy (non-hydrogen) atoms. The molecule has 1 aromatic rings. The zero-order valence-corrected chi connectivity index (χ0v) is 12.8. The van der Waals surface area contributed by atoms with Crippen LogP contribution in [0.25, 0.3) is 0 Å². The first kappa shape index (κ1) is 14.1. The molecule has 0 N–H and O–H groups in total. The fourth-order valence-electron chi connectivity index (χ4n) is 3.92. The van der Waals surface area contributed by atoms with Crippen LogP contribution in [0.15, 0.2) is 12.7 Å². The average Bonchev–Trinajstić information content (AvgIpc) is 3.19. The molecular weight excluding hydrogens is 282 g/mol. The van der Waals surface area contributed by atoms with Crippen LogP contribution in [0.2, 0.25) is 0 Å². The van der Waals surface area contributed by atoms with Crippen LogP contribution in [0.3, 0.4) is 0 Å². The maximum Gasteiger partial charge on any atom is 0.242 e. The minimum absolute atomic E-state index is 0.0893. The molecule has 4 rings (SSSR count). The van der Waals surface area contributed by atoms with E-state index in [-0.39, 0.29) is 18.0 Å². The van der Waals surface area contributed by atoms with Crippen molar-refractivity contribution in [1.82, 2.24) is 24.6 Å². The monoisotopic (exact) mass is 305 g/mol. The predicted molar refractivity (Wildman–Crippen MR) is 79.2 cm³/mol. The number of carbonyl (C=O) groups is 1. The molecule has 1 aromatic heterocycles. The standard InChI is InChI=1S/C15H23N5O2/c21-15(18-7-13(8-18)20-11-16-10-17-20)14-9-22-6-5-19(14)12-3-1-2-4-12/h10-14H,1-9H2. The molecule has 3 fully saturated rings. The smallest absolute Gasteiger partial charge is 0.242 e. The van der Waals surface area contributed by atoms with Gasteiger partial charge < -0.3 is 9.64 Å². The van der Waals surface area contributed by atoms with Crippen LogP contribution in [0.5, 0.6) is 0 Å². The van der Waals surface area contributed by atoms with Crippen LogP contribution in [0.4, 0.5) is 0 Å². The largest absolute Gasteiger partial charge is 0.378 e. The summed E-state index contributed by atoms with van der Waals surface area (Å²) >= 11 is 0. The Bertz CT molecular complexity index is 508. The summed E-state index contributed by atoms with van der Waals surface area (Å²) in [5, 5.41) is 4.15. The highest BCUT2D eigenvalue weighted by molar-refractivity contribution is 5.83. The van der Waals surface area contributed by atoms with E-state index in [2.05, 4.69) is 15.0 Å². The molecule has 0 radical (unpaired) electrons. The Kier molecular flexibility index (Phi) is 3.83. The Morgan fingerprint density at radius 1 is 1.18 bits per heavy atom. The van der Waals surface area contributed by atoms with Crippen molar-refractivity contribution in [3.8, 4) is 0 Å². The van der Waals surface area contributed by atoms with Gasteiger partial charge in [-0.3, -0.25) is 9.69 Å². The van der Waals surface area contributed by atoms with Crippen LogP contribution in [0, 0.1) is 0 Å². The van der Waals surface area contributed by atoms with Gasteiger partial charge in [0.05, 0.1) is 19.3 Å². The van der Waals surface area contributed by atoms with Crippen molar-refractivity contribution in [3.05, 3.63) is 12.7 Å². The Balaban J connectivity index is 1.38. The number of morpholine rings is 1. The summed E-state index contributed by atoms with van der Waals surface area (Å²) in [6, 6.07) is 0.759. The van der Waals surface area contributed by atoms with E-state index in [0.29, 0.717) is 12.6 Å². The third-order valence-corrected chi connectivity index (χ3v) is 5.23. The van der Waals surface area contributed by atoms with Crippen LogP contribution < -0.4 is 0 Å². The lowest BCUT2D eigenvalue weighted by atomic mass is 10.0. The van der Waals surface area contributed by atoms with Crippen molar-refractivity contribution >= 4 is 5.91 Å². The Morgan fingerprint density at radius 2 is 2.00 bits per heavy atom. The molecule has 3 heterocycles. The van der Waals surface area contributed by atoms with E-state index in [4.69, 9.17) is 4.74 Å². The zero-order valence-electron chi connectivity index (χ0n) is 12.8. The molecule has 3 aliphatic rings. The fourth-order valence-corrected chi connectivity index (χ4v) is 3.92. The summed E-state index contributed by atoms with van der Waals surface area (Å²) in [5.41, 5.74) is 0. The maximum absolute atomic E-state index is 12.8. The van der Waals surface area contributed by atoms with E-state index in [0.717, 1.165) is 26.2 Å². The molecule has 2 saturated heterocycles. The topological polar surface area (TPSA) is 63.5 Å².